The number of ether oxygens (including phenoxy) is 2. The Morgan fingerprint density at radius 3 is 2.28 bits per heavy atom. The molecule has 4 aromatic rings. The van der Waals surface area contributed by atoms with Gasteiger partial charge in [0.05, 0.1) is 17.6 Å². The highest BCUT2D eigenvalue weighted by Crippen LogP contribution is 2.33. The lowest BCUT2D eigenvalue weighted by Gasteiger charge is -2.18. The third-order valence-corrected chi connectivity index (χ3v) is 6.15. The van der Waals surface area contributed by atoms with Gasteiger partial charge in [-0.15, -0.1) is 0 Å². The van der Waals surface area contributed by atoms with E-state index in [0.29, 0.717) is 16.5 Å². The van der Waals surface area contributed by atoms with E-state index in [1.807, 2.05) is 19.1 Å². The number of nitrogens with one attached hydrogen (secondary N) is 1. The zero-order chi connectivity index (χ0) is 28.3. The van der Waals surface area contributed by atoms with Crippen LogP contribution in [0.3, 0.4) is 0 Å². The van der Waals surface area contributed by atoms with Crippen LogP contribution >= 0.6 is 0 Å². The van der Waals surface area contributed by atoms with Crippen molar-refractivity contribution in [1.82, 2.24) is 0 Å². The molecule has 0 saturated heterocycles. The number of fused-ring (bicyclic) bond motifs is 1. The van der Waals surface area contributed by atoms with E-state index in [2.05, 4.69) is 5.32 Å². The van der Waals surface area contributed by atoms with Crippen LogP contribution in [0.25, 0.3) is 22.3 Å². The number of Topliss-reactive ketones (excluding diaryl/α,β-unsaturated/α-hetero) is 1. The SMILES string of the molecule is CCOC(=O)c1c(NC(=O)C(CC)Oc2c(-c3ccc(C)cc3)oc3ccccc3c2=O)oc(C)c1C(C)=O. The van der Waals surface area contributed by atoms with Crippen LogP contribution in [-0.2, 0) is 9.53 Å². The number of anilines is 1. The number of aryl methyl sites for hydroxylation is 2. The van der Waals surface area contributed by atoms with E-state index in [1.54, 1.807) is 50.2 Å². The minimum Gasteiger partial charge on any atom is -0.473 e. The molecule has 1 N–H and O–H groups in total. The van der Waals surface area contributed by atoms with E-state index in [0.717, 1.165) is 5.56 Å². The molecule has 0 radical (unpaired) electrons. The molecule has 0 aliphatic carbocycles. The minimum atomic E-state index is -1.17. The van der Waals surface area contributed by atoms with Crippen molar-refractivity contribution in [2.45, 2.75) is 47.1 Å². The summed E-state index contributed by atoms with van der Waals surface area (Å²) in [5.74, 6) is -1.91. The second-order valence-corrected chi connectivity index (χ2v) is 8.97. The number of esters is 1. The predicted molar refractivity (Wildman–Crippen MR) is 145 cm³/mol. The number of hydrogen-bond donors (Lipinski definition) is 1. The average molecular weight is 532 g/mol. The van der Waals surface area contributed by atoms with Crippen molar-refractivity contribution in [1.29, 1.82) is 0 Å². The van der Waals surface area contributed by atoms with Gasteiger partial charge in [-0.25, -0.2) is 4.79 Å². The van der Waals surface area contributed by atoms with Crippen LogP contribution in [-0.4, -0.2) is 30.4 Å². The number of carbonyl (C=O) groups is 3. The highest BCUT2D eigenvalue weighted by atomic mass is 16.5. The smallest absolute Gasteiger partial charge is 0.344 e. The van der Waals surface area contributed by atoms with Crippen LogP contribution in [0.5, 0.6) is 5.75 Å². The summed E-state index contributed by atoms with van der Waals surface area (Å²) in [5.41, 5.74) is 1.42. The Kier molecular flexibility index (Phi) is 7.99. The average Bonchev–Trinajstić information content (AvgIpc) is 3.24. The van der Waals surface area contributed by atoms with Gasteiger partial charge in [-0.2, -0.15) is 0 Å². The molecular weight excluding hydrogens is 502 g/mol. The maximum Gasteiger partial charge on any atom is 0.344 e. The van der Waals surface area contributed by atoms with Crippen molar-refractivity contribution in [3.05, 3.63) is 81.2 Å². The van der Waals surface area contributed by atoms with Gasteiger partial charge in [0.25, 0.3) is 5.91 Å². The van der Waals surface area contributed by atoms with Crippen LogP contribution in [0, 0.1) is 13.8 Å². The predicted octanol–water partition coefficient (Wildman–Crippen LogP) is 5.85. The first-order valence-corrected chi connectivity index (χ1v) is 12.6. The summed E-state index contributed by atoms with van der Waals surface area (Å²) in [6.07, 6.45) is -1.00. The number of benzene rings is 2. The molecule has 4 rings (SSSR count). The first kappa shape index (κ1) is 27.4. The zero-order valence-corrected chi connectivity index (χ0v) is 22.4. The normalized spacial score (nSPS) is 11.7. The summed E-state index contributed by atoms with van der Waals surface area (Å²) in [4.78, 5) is 51.8. The molecule has 1 amide bonds. The van der Waals surface area contributed by atoms with Gasteiger partial charge in [-0.1, -0.05) is 48.9 Å². The zero-order valence-electron chi connectivity index (χ0n) is 22.4. The lowest BCUT2D eigenvalue weighted by molar-refractivity contribution is -0.123. The van der Waals surface area contributed by atoms with Gasteiger partial charge in [0, 0.05) is 5.56 Å². The Morgan fingerprint density at radius 1 is 0.949 bits per heavy atom. The molecule has 0 aliphatic heterocycles. The number of rotatable bonds is 9. The molecular formula is C30H29NO8. The quantitative estimate of drug-likeness (QED) is 0.211. The third-order valence-electron chi connectivity index (χ3n) is 6.15. The summed E-state index contributed by atoms with van der Waals surface area (Å²) >= 11 is 0. The van der Waals surface area contributed by atoms with E-state index in [1.165, 1.54) is 13.8 Å². The van der Waals surface area contributed by atoms with E-state index in [-0.39, 0.29) is 47.3 Å². The van der Waals surface area contributed by atoms with Gasteiger partial charge in [-0.05, 0) is 46.2 Å². The van der Waals surface area contributed by atoms with E-state index >= 15 is 0 Å². The number of carbonyl (C=O) groups excluding carboxylic acids is 3. The summed E-state index contributed by atoms with van der Waals surface area (Å²) in [7, 11) is 0. The fraction of sp³-hybridized carbons (Fsp3) is 0.267. The van der Waals surface area contributed by atoms with Crippen molar-refractivity contribution >= 4 is 34.5 Å². The van der Waals surface area contributed by atoms with Gasteiger partial charge in [0.2, 0.25) is 17.1 Å². The molecule has 2 aromatic heterocycles. The third kappa shape index (κ3) is 5.47. The molecule has 0 aliphatic rings. The van der Waals surface area contributed by atoms with E-state index in [4.69, 9.17) is 18.3 Å². The van der Waals surface area contributed by atoms with Crippen LogP contribution in [0.2, 0.25) is 0 Å². The first-order chi connectivity index (χ1) is 18.7. The van der Waals surface area contributed by atoms with Gasteiger partial charge < -0.3 is 18.3 Å². The van der Waals surface area contributed by atoms with Crippen molar-refractivity contribution in [3.63, 3.8) is 0 Å². The molecule has 9 nitrogen and oxygen atoms in total. The molecule has 9 heteroatoms. The topological polar surface area (TPSA) is 125 Å². The van der Waals surface area contributed by atoms with Crippen molar-refractivity contribution < 1.29 is 32.7 Å². The van der Waals surface area contributed by atoms with Gasteiger partial charge in [0.1, 0.15) is 16.9 Å². The summed E-state index contributed by atoms with van der Waals surface area (Å²) in [5, 5.41) is 2.85. The standard InChI is InChI=1S/C30H29NO8/c1-6-21(28(34)31-29-24(30(35)36-7-2)23(17(4)32)18(5)37-29)38-27-25(33)20-10-8-9-11-22(20)39-26(27)19-14-12-16(3)13-15-19/h8-15,21H,6-7H2,1-5H3,(H,31,34). The highest BCUT2D eigenvalue weighted by Gasteiger charge is 2.31. The molecule has 0 saturated carbocycles. The lowest BCUT2D eigenvalue weighted by atomic mass is 10.1. The number of amides is 1. The molecule has 1 unspecified atom stereocenters. The fourth-order valence-electron chi connectivity index (χ4n) is 4.24. The maximum absolute atomic E-state index is 13.5. The Labute approximate surface area is 224 Å². The Morgan fingerprint density at radius 2 is 1.64 bits per heavy atom. The first-order valence-electron chi connectivity index (χ1n) is 12.6. The number of ketones is 1. The van der Waals surface area contributed by atoms with Crippen LogP contribution in [0.15, 0.2) is 62.2 Å². The number of para-hydroxylation sites is 1. The van der Waals surface area contributed by atoms with Gasteiger partial charge in [-0.3, -0.25) is 19.7 Å². The monoisotopic (exact) mass is 531 g/mol. The molecule has 0 fully saturated rings. The maximum atomic E-state index is 13.5. The van der Waals surface area contributed by atoms with Crippen LogP contribution in [0.4, 0.5) is 5.88 Å². The van der Waals surface area contributed by atoms with Crippen molar-refractivity contribution in [2.75, 3.05) is 11.9 Å². The van der Waals surface area contributed by atoms with Gasteiger partial charge in [0.15, 0.2) is 17.6 Å². The highest BCUT2D eigenvalue weighted by molar-refractivity contribution is 6.11. The van der Waals surface area contributed by atoms with Crippen molar-refractivity contribution in [2.24, 2.45) is 0 Å². The van der Waals surface area contributed by atoms with Crippen molar-refractivity contribution in [3.8, 4) is 17.1 Å². The Bertz CT molecular complexity index is 1610. The molecule has 0 bridgehead atoms. The molecule has 2 heterocycles. The molecule has 39 heavy (non-hydrogen) atoms. The molecule has 0 spiro atoms. The van der Waals surface area contributed by atoms with Crippen LogP contribution in [0.1, 0.15) is 59.2 Å². The summed E-state index contributed by atoms with van der Waals surface area (Å²) in [6, 6.07) is 14.1. The lowest BCUT2D eigenvalue weighted by Crippen LogP contribution is -2.34. The Balaban J connectivity index is 1.75. The van der Waals surface area contributed by atoms with E-state index in [9.17, 15) is 19.2 Å². The summed E-state index contributed by atoms with van der Waals surface area (Å²) in [6.45, 7) is 8.13. The fourth-order valence-corrected chi connectivity index (χ4v) is 4.24. The second-order valence-electron chi connectivity index (χ2n) is 8.97. The summed E-state index contributed by atoms with van der Waals surface area (Å²) < 4.78 is 22.8. The van der Waals surface area contributed by atoms with Gasteiger partial charge >= 0.3 is 5.97 Å². The Hall–Kier alpha value is -4.66. The number of furan rings is 1. The molecule has 2 aromatic carbocycles. The molecule has 1 atom stereocenters. The number of hydrogen-bond acceptors (Lipinski definition) is 8. The minimum absolute atomic E-state index is 0.0227. The largest absolute Gasteiger partial charge is 0.473 e. The van der Waals surface area contributed by atoms with E-state index < -0.39 is 29.2 Å². The second kappa shape index (κ2) is 11.4. The van der Waals surface area contributed by atoms with Crippen LogP contribution < -0.4 is 15.5 Å². The molecule has 202 valence electrons.